The molecule has 1 N–H and O–H groups in total. The Balaban J connectivity index is 2.17. The van der Waals surface area contributed by atoms with Crippen LogP contribution < -0.4 is 4.72 Å². The molecule has 0 aliphatic heterocycles. The molecular weight excluding hydrogens is 404 g/mol. The fourth-order valence-electron chi connectivity index (χ4n) is 2.78. The fourth-order valence-corrected chi connectivity index (χ4v) is 3.92. The smallest absolute Gasteiger partial charge is 0.325 e. The molecule has 1 amide bonds. The molecule has 0 aliphatic carbocycles. The predicted molar refractivity (Wildman–Crippen MR) is 116 cm³/mol. The summed E-state index contributed by atoms with van der Waals surface area (Å²) in [5.41, 5.74) is 2.58. The summed E-state index contributed by atoms with van der Waals surface area (Å²) in [5, 5.41) is 0. The van der Waals surface area contributed by atoms with Crippen molar-refractivity contribution in [2.75, 3.05) is 17.9 Å². The first kappa shape index (κ1) is 23.4. The standard InChI is InChI=1S/C22H28N2O5S/c1-6-29-21(25)14-24(15(2)3)22(26)18-8-10-19(11-9-18)23-30(27,28)20-12-7-16(4)17(5)13-20/h7-13,15,23H,6,14H2,1-5H3. The minimum absolute atomic E-state index is 0.147. The van der Waals surface area contributed by atoms with Gasteiger partial charge in [-0.3, -0.25) is 14.3 Å². The molecule has 0 aromatic heterocycles. The van der Waals surface area contributed by atoms with E-state index in [9.17, 15) is 18.0 Å². The minimum Gasteiger partial charge on any atom is -0.465 e. The molecule has 0 saturated carbocycles. The van der Waals surface area contributed by atoms with Crippen molar-refractivity contribution in [1.82, 2.24) is 4.90 Å². The molecule has 2 rings (SSSR count). The Kier molecular flexibility index (Phi) is 7.61. The van der Waals surface area contributed by atoms with Crippen LogP contribution in [0.4, 0.5) is 5.69 Å². The third kappa shape index (κ3) is 5.82. The van der Waals surface area contributed by atoms with E-state index in [-0.39, 0.29) is 30.0 Å². The van der Waals surface area contributed by atoms with Crippen molar-refractivity contribution in [1.29, 1.82) is 0 Å². The van der Waals surface area contributed by atoms with Gasteiger partial charge in [-0.25, -0.2) is 8.42 Å². The van der Waals surface area contributed by atoms with Gasteiger partial charge in [0, 0.05) is 17.3 Å². The van der Waals surface area contributed by atoms with Gasteiger partial charge in [0.15, 0.2) is 0 Å². The SMILES string of the molecule is CCOC(=O)CN(C(=O)c1ccc(NS(=O)(=O)c2ccc(C)c(C)c2)cc1)C(C)C. The third-order valence-electron chi connectivity index (χ3n) is 4.66. The van der Waals surface area contributed by atoms with Crippen molar-refractivity contribution in [2.45, 2.75) is 45.6 Å². The van der Waals surface area contributed by atoms with Crippen molar-refractivity contribution in [3.05, 3.63) is 59.2 Å². The van der Waals surface area contributed by atoms with Crippen LogP contribution in [-0.4, -0.2) is 44.4 Å². The number of hydrogen-bond donors (Lipinski definition) is 1. The Morgan fingerprint density at radius 2 is 1.67 bits per heavy atom. The van der Waals surface area contributed by atoms with Crippen LogP contribution in [0.1, 0.15) is 42.3 Å². The normalized spacial score (nSPS) is 11.3. The van der Waals surface area contributed by atoms with Crippen LogP contribution in [0.25, 0.3) is 0 Å². The highest BCUT2D eigenvalue weighted by atomic mass is 32.2. The number of sulfonamides is 1. The van der Waals surface area contributed by atoms with Crippen molar-refractivity contribution in [2.24, 2.45) is 0 Å². The summed E-state index contributed by atoms with van der Waals surface area (Å²) in [6.45, 7) is 9.19. The summed E-state index contributed by atoms with van der Waals surface area (Å²) in [6.07, 6.45) is 0. The first-order valence-electron chi connectivity index (χ1n) is 9.72. The number of ether oxygens (including phenoxy) is 1. The zero-order chi connectivity index (χ0) is 22.5. The highest BCUT2D eigenvalue weighted by molar-refractivity contribution is 7.92. The second kappa shape index (κ2) is 9.75. The van der Waals surface area contributed by atoms with E-state index < -0.39 is 16.0 Å². The molecule has 0 radical (unpaired) electrons. The lowest BCUT2D eigenvalue weighted by molar-refractivity contribution is -0.144. The molecule has 0 aliphatic rings. The number of aryl methyl sites for hydroxylation is 2. The molecule has 0 spiro atoms. The Bertz CT molecular complexity index is 1010. The molecule has 162 valence electrons. The van der Waals surface area contributed by atoms with Gasteiger partial charge in [0.2, 0.25) is 0 Å². The molecule has 0 fully saturated rings. The Morgan fingerprint density at radius 3 is 2.20 bits per heavy atom. The number of nitrogens with zero attached hydrogens (tertiary/aromatic N) is 1. The number of carbonyl (C=O) groups is 2. The number of amides is 1. The molecule has 2 aromatic rings. The van der Waals surface area contributed by atoms with E-state index in [4.69, 9.17) is 4.74 Å². The van der Waals surface area contributed by atoms with E-state index in [0.717, 1.165) is 11.1 Å². The van der Waals surface area contributed by atoms with Crippen LogP contribution in [0.3, 0.4) is 0 Å². The van der Waals surface area contributed by atoms with E-state index in [1.54, 1.807) is 25.1 Å². The highest BCUT2D eigenvalue weighted by Crippen LogP contribution is 2.20. The van der Waals surface area contributed by atoms with Crippen LogP contribution in [0.15, 0.2) is 47.4 Å². The molecule has 0 bridgehead atoms. The lowest BCUT2D eigenvalue weighted by Gasteiger charge is -2.25. The number of carbonyl (C=O) groups excluding carboxylic acids is 2. The van der Waals surface area contributed by atoms with E-state index in [1.807, 2.05) is 27.7 Å². The quantitative estimate of drug-likeness (QED) is 0.645. The third-order valence-corrected chi connectivity index (χ3v) is 6.04. The molecule has 0 saturated heterocycles. The number of benzene rings is 2. The summed E-state index contributed by atoms with van der Waals surface area (Å²) in [7, 11) is -3.74. The van der Waals surface area contributed by atoms with Gasteiger partial charge < -0.3 is 9.64 Å². The second-order valence-corrected chi connectivity index (χ2v) is 8.94. The Hall–Kier alpha value is -2.87. The maximum absolute atomic E-state index is 12.8. The van der Waals surface area contributed by atoms with Crippen LogP contribution in [0, 0.1) is 13.8 Å². The summed E-state index contributed by atoms with van der Waals surface area (Å²) >= 11 is 0. The van der Waals surface area contributed by atoms with E-state index >= 15 is 0 Å². The molecule has 2 aromatic carbocycles. The van der Waals surface area contributed by atoms with Crippen molar-refractivity contribution in [3.8, 4) is 0 Å². The number of nitrogens with one attached hydrogen (secondary N) is 1. The second-order valence-electron chi connectivity index (χ2n) is 7.26. The van der Waals surface area contributed by atoms with Gasteiger partial charge in [0.05, 0.1) is 11.5 Å². The van der Waals surface area contributed by atoms with Crippen molar-refractivity contribution < 1.29 is 22.7 Å². The van der Waals surface area contributed by atoms with Crippen LogP contribution in [-0.2, 0) is 19.6 Å². The molecule has 0 atom stereocenters. The lowest BCUT2D eigenvalue weighted by Crippen LogP contribution is -2.41. The maximum atomic E-state index is 12.8. The number of rotatable bonds is 8. The van der Waals surface area contributed by atoms with Crippen LogP contribution in [0.2, 0.25) is 0 Å². The topological polar surface area (TPSA) is 92.8 Å². The van der Waals surface area contributed by atoms with E-state index in [0.29, 0.717) is 11.3 Å². The lowest BCUT2D eigenvalue weighted by atomic mass is 10.1. The minimum atomic E-state index is -3.74. The van der Waals surface area contributed by atoms with Crippen molar-refractivity contribution in [3.63, 3.8) is 0 Å². The van der Waals surface area contributed by atoms with Gasteiger partial charge >= 0.3 is 5.97 Å². The monoisotopic (exact) mass is 432 g/mol. The zero-order valence-electron chi connectivity index (χ0n) is 17.9. The van der Waals surface area contributed by atoms with Crippen LogP contribution in [0.5, 0.6) is 0 Å². The van der Waals surface area contributed by atoms with Crippen LogP contribution >= 0.6 is 0 Å². The van der Waals surface area contributed by atoms with E-state index in [2.05, 4.69) is 4.72 Å². The summed E-state index contributed by atoms with van der Waals surface area (Å²) in [6, 6.07) is 10.8. The Labute approximate surface area is 178 Å². The van der Waals surface area contributed by atoms with E-state index in [1.165, 1.54) is 29.2 Å². The average Bonchev–Trinajstić information content (AvgIpc) is 2.68. The maximum Gasteiger partial charge on any atom is 0.325 e. The summed E-state index contributed by atoms with van der Waals surface area (Å²) in [4.78, 5) is 26.2. The van der Waals surface area contributed by atoms with Gasteiger partial charge in [-0.1, -0.05) is 6.07 Å². The van der Waals surface area contributed by atoms with Gasteiger partial charge in [0.1, 0.15) is 6.54 Å². The molecular formula is C22H28N2O5S. The van der Waals surface area contributed by atoms with Gasteiger partial charge in [0.25, 0.3) is 15.9 Å². The molecule has 7 nitrogen and oxygen atoms in total. The first-order valence-corrected chi connectivity index (χ1v) is 11.2. The molecule has 0 heterocycles. The molecule has 30 heavy (non-hydrogen) atoms. The summed E-state index contributed by atoms with van der Waals surface area (Å²) < 4.78 is 32.7. The predicted octanol–water partition coefficient (Wildman–Crippen LogP) is 3.52. The molecule has 0 unspecified atom stereocenters. The fraction of sp³-hybridized carbons (Fsp3) is 0.364. The van der Waals surface area contributed by atoms with Gasteiger partial charge in [-0.15, -0.1) is 0 Å². The molecule has 8 heteroatoms. The highest BCUT2D eigenvalue weighted by Gasteiger charge is 2.22. The average molecular weight is 433 g/mol. The first-order chi connectivity index (χ1) is 14.0. The number of anilines is 1. The number of hydrogen-bond acceptors (Lipinski definition) is 5. The van der Waals surface area contributed by atoms with Gasteiger partial charge in [-0.2, -0.15) is 0 Å². The zero-order valence-corrected chi connectivity index (χ0v) is 18.7. The summed E-state index contributed by atoms with van der Waals surface area (Å²) in [5.74, 6) is -0.807. The Morgan fingerprint density at radius 1 is 1.03 bits per heavy atom. The van der Waals surface area contributed by atoms with Crippen molar-refractivity contribution >= 4 is 27.6 Å². The number of esters is 1. The van der Waals surface area contributed by atoms with Gasteiger partial charge in [-0.05, 0) is 82.1 Å². The largest absolute Gasteiger partial charge is 0.465 e.